The van der Waals surface area contributed by atoms with Crippen LogP contribution in [0.5, 0.6) is 0 Å². The van der Waals surface area contributed by atoms with Gasteiger partial charge in [0.05, 0.1) is 5.92 Å². The van der Waals surface area contributed by atoms with Crippen molar-refractivity contribution in [3.63, 3.8) is 0 Å². The fourth-order valence-corrected chi connectivity index (χ4v) is 2.77. The minimum Gasteiger partial charge on any atom is -0.269 e. The number of hydrogen-bond donors (Lipinski definition) is 0. The van der Waals surface area contributed by atoms with Crippen LogP contribution in [-0.4, -0.2) is 11.6 Å². The van der Waals surface area contributed by atoms with Crippen molar-refractivity contribution >= 4 is 5.97 Å². The zero-order chi connectivity index (χ0) is 22.4. The molecular weight excluding hydrogens is 364 g/mol. The minimum atomic E-state index is -0.439. The Balaban J connectivity index is 0. The summed E-state index contributed by atoms with van der Waals surface area (Å²) in [6, 6.07) is 0. The number of carbonyl (C=O) groups excluding carboxylic acids is 1. The van der Waals surface area contributed by atoms with Gasteiger partial charge in [-0.25, -0.2) is 4.79 Å². The van der Waals surface area contributed by atoms with E-state index in [2.05, 4.69) is 30.7 Å². The van der Waals surface area contributed by atoms with Crippen molar-refractivity contribution in [1.29, 1.82) is 0 Å². The SMILES string of the molecule is CCCCC(CC)C(=O)OOOC(C)(C)CC.CCCCCCCCCCCC. The average molecular weight is 417 g/mol. The number of rotatable bonds is 18. The first kappa shape index (κ1) is 30.6. The highest BCUT2D eigenvalue weighted by Gasteiger charge is 2.22. The summed E-state index contributed by atoms with van der Waals surface area (Å²) in [5.74, 6) is -0.434. The number of carbonyl (C=O) groups is 1. The highest BCUT2D eigenvalue weighted by molar-refractivity contribution is 5.71. The van der Waals surface area contributed by atoms with E-state index in [0.29, 0.717) is 0 Å². The highest BCUT2D eigenvalue weighted by Crippen LogP contribution is 2.17. The molecule has 0 heterocycles. The lowest BCUT2D eigenvalue weighted by molar-refractivity contribution is -0.517. The normalized spacial score (nSPS) is 12.2. The van der Waals surface area contributed by atoms with Crippen molar-refractivity contribution in [1.82, 2.24) is 0 Å². The van der Waals surface area contributed by atoms with E-state index >= 15 is 0 Å². The summed E-state index contributed by atoms with van der Waals surface area (Å²) in [4.78, 5) is 21.3. The second kappa shape index (κ2) is 22.1. The highest BCUT2D eigenvalue weighted by atomic mass is 17.5. The van der Waals surface area contributed by atoms with Crippen molar-refractivity contribution in [2.45, 2.75) is 150 Å². The van der Waals surface area contributed by atoms with Crippen LogP contribution in [0.15, 0.2) is 0 Å². The van der Waals surface area contributed by atoms with Gasteiger partial charge in [0.15, 0.2) is 0 Å². The molecule has 29 heavy (non-hydrogen) atoms. The molecule has 0 radical (unpaired) electrons. The molecular formula is C25H52O4. The van der Waals surface area contributed by atoms with Crippen LogP contribution < -0.4 is 0 Å². The predicted octanol–water partition coefficient (Wildman–Crippen LogP) is 8.73. The Morgan fingerprint density at radius 2 is 1.17 bits per heavy atom. The molecule has 0 rings (SSSR count). The standard InChI is InChI=1S/C13H26O4.C12H26/c1-6-9-10-11(7-2)12(14)15-17-16-13(4,5)8-3;1-3-5-7-9-11-12-10-8-6-4-2/h11H,6-10H2,1-5H3;3-12H2,1-2H3. The predicted molar refractivity (Wildman–Crippen MR) is 123 cm³/mol. The van der Waals surface area contributed by atoms with Gasteiger partial charge in [0, 0.05) is 0 Å². The zero-order valence-electron chi connectivity index (χ0n) is 20.8. The van der Waals surface area contributed by atoms with E-state index in [1.54, 1.807) is 0 Å². The van der Waals surface area contributed by atoms with E-state index in [4.69, 9.17) is 4.89 Å². The Labute approximate surface area is 182 Å². The van der Waals surface area contributed by atoms with Crippen LogP contribution in [0.3, 0.4) is 0 Å². The largest absolute Gasteiger partial charge is 0.348 e. The molecule has 0 N–H and O–H groups in total. The molecule has 0 aliphatic heterocycles. The molecule has 1 unspecified atom stereocenters. The third kappa shape index (κ3) is 21.9. The molecule has 176 valence electrons. The summed E-state index contributed by atoms with van der Waals surface area (Å²) in [5.41, 5.74) is -0.439. The fraction of sp³-hybridized carbons (Fsp3) is 0.960. The van der Waals surface area contributed by atoms with Crippen molar-refractivity contribution in [3.8, 4) is 0 Å². The summed E-state index contributed by atoms with van der Waals surface area (Å²) < 4.78 is 0. The van der Waals surface area contributed by atoms with E-state index in [-0.39, 0.29) is 11.9 Å². The minimum absolute atomic E-state index is 0.0942. The molecule has 0 aromatic rings. The van der Waals surface area contributed by atoms with Crippen molar-refractivity contribution < 1.29 is 19.6 Å². The molecule has 1 atom stereocenters. The molecule has 0 saturated carbocycles. The molecule has 0 amide bonds. The molecule has 0 saturated heterocycles. The van der Waals surface area contributed by atoms with Gasteiger partial charge in [-0.2, -0.15) is 4.89 Å². The molecule has 4 nitrogen and oxygen atoms in total. The third-order valence-electron chi connectivity index (χ3n) is 5.42. The van der Waals surface area contributed by atoms with Gasteiger partial charge in [-0.3, -0.25) is 4.89 Å². The molecule has 0 aromatic heterocycles. The smallest absolute Gasteiger partial charge is 0.269 e. The topological polar surface area (TPSA) is 44.8 Å². The Morgan fingerprint density at radius 3 is 1.55 bits per heavy atom. The molecule has 0 bridgehead atoms. The molecule has 0 aliphatic rings. The third-order valence-corrected chi connectivity index (χ3v) is 5.42. The fourth-order valence-electron chi connectivity index (χ4n) is 2.77. The molecule has 0 spiro atoms. The van der Waals surface area contributed by atoms with Gasteiger partial charge in [-0.1, -0.05) is 112 Å². The van der Waals surface area contributed by atoms with Gasteiger partial charge in [0.1, 0.15) is 5.60 Å². The van der Waals surface area contributed by atoms with Crippen LogP contribution in [0.4, 0.5) is 0 Å². The lowest BCUT2D eigenvalue weighted by Gasteiger charge is -2.20. The molecule has 4 heteroatoms. The van der Waals surface area contributed by atoms with Crippen LogP contribution in [0.2, 0.25) is 0 Å². The van der Waals surface area contributed by atoms with Crippen LogP contribution in [0.1, 0.15) is 145 Å². The Hall–Kier alpha value is -0.610. The summed E-state index contributed by atoms with van der Waals surface area (Å²) in [5, 5.41) is 4.56. The quantitative estimate of drug-likeness (QED) is 0.127. The van der Waals surface area contributed by atoms with Gasteiger partial charge < -0.3 is 0 Å². The Morgan fingerprint density at radius 1 is 0.724 bits per heavy atom. The Bertz CT molecular complexity index is 332. The maximum atomic E-state index is 11.6. The summed E-state index contributed by atoms with van der Waals surface area (Å²) in [7, 11) is 0. The van der Waals surface area contributed by atoms with Crippen molar-refractivity contribution in [2.75, 3.05) is 0 Å². The zero-order valence-corrected chi connectivity index (χ0v) is 20.8. The van der Waals surface area contributed by atoms with Crippen molar-refractivity contribution in [3.05, 3.63) is 0 Å². The summed E-state index contributed by atoms with van der Waals surface area (Å²) in [6.07, 6.45) is 18.9. The van der Waals surface area contributed by atoms with Gasteiger partial charge in [-0.05, 0) is 38.1 Å². The average Bonchev–Trinajstić information content (AvgIpc) is 2.71. The molecule has 0 aromatic carbocycles. The molecule has 0 fully saturated rings. The second-order valence-corrected chi connectivity index (χ2v) is 8.74. The lowest BCUT2D eigenvalue weighted by atomic mass is 10.00. The van der Waals surface area contributed by atoms with Crippen LogP contribution >= 0.6 is 0 Å². The first-order chi connectivity index (χ1) is 13.9. The first-order valence-corrected chi connectivity index (χ1v) is 12.4. The maximum absolute atomic E-state index is 11.6. The van der Waals surface area contributed by atoms with E-state index in [0.717, 1.165) is 32.1 Å². The monoisotopic (exact) mass is 416 g/mol. The first-order valence-electron chi connectivity index (χ1n) is 12.4. The van der Waals surface area contributed by atoms with Gasteiger partial charge >= 0.3 is 5.97 Å². The van der Waals surface area contributed by atoms with Gasteiger partial charge in [0.2, 0.25) is 0 Å². The maximum Gasteiger partial charge on any atom is 0.348 e. The van der Waals surface area contributed by atoms with Gasteiger partial charge in [0.25, 0.3) is 0 Å². The van der Waals surface area contributed by atoms with Crippen molar-refractivity contribution in [2.24, 2.45) is 5.92 Å². The van der Waals surface area contributed by atoms with E-state index < -0.39 is 5.60 Å². The Kier molecular flexibility index (Phi) is 23.3. The number of hydrogen-bond acceptors (Lipinski definition) is 4. The number of unbranched alkanes of at least 4 members (excludes halogenated alkanes) is 10. The van der Waals surface area contributed by atoms with Crippen LogP contribution in [0.25, 0.3) is 0 Å². The van der Waals surface area contributed by atoms with Gasteiger partial charge in [-0.15, -0.1) is 0 Å². The summed E-state index contributed by atoms with van der Waals surface area (Å²) >= 11 is 0. The molecule has 0 aliphatic carbocycles. The van der Waals surface area contributed by atoms with Crippen LogP contribution in [0, 0.1) is 5.92 Å². The van der Waals surface area contributed by atoms with E-state index in [1.165, 1.54) is 64.2 Å². The lowest BCUT2D eigenvalue weighted by Crippen LogP contribution is -2.25. The summed E-state index contributed by atoms with van der Waals surface area (Å²) in [6.45, 7) is 14.3. The second-order valence-electron chi connectivity index (χ2n) is 8.74. The van der Waals surface area contributed by atoms with E-state index in [1.807, 2.05) is 27.7 Å². The van der Waals surface area contributed by atoms with Crippen LogP contribution in [-0.2, 0) is 19.6 Å². The van der Waals surface area contributed by atoms with E-state index in [9.17, 15) is 4.79 Å².